The van der Waals surface area contributed by atoms with Crippen LogP contribution in [0.1, 0.15) is 24.3 Å². The first-order valence-electron chi connectivity index (χ1n) is 6.09. The molecule has 0 aliphatic heterocycles. The number of sulfonamides is 1. The van der Waals surface area contributed by atoms with E-state index in [1.54, 1.807) is 6.92 Å². The van der Waals surface area contributed by atoms with Crippen LogP contribution in [0.4, 0.5) is 0 Å². The quantitative estimate of drug-likeness (QED) is 0.751. The molecule has 0 saturated carbocycles. The van der Waals surface area contributed by atoms with E-state index in [-0.39, 0.29) is 22.2 Å². The van der Waals surface area contributed by atoms with Crippen molar-refractivity contribution >= 4 is 41.9 Å². The van der Waals surface area contributed by atoms with Gasteiger partial charge in [-0.15, -0.1) is 0 Å². The molecule has 1 aromatic carbocycles. The van der Waals surface area contributed by atoms with Crippen molar-refractivity contribution in [1.29, 1.82) is 0 Å². The number of hydrogen-bond donors (Lipinski definition) is 2. The van der Waals surface area contributed by atoms with Crippen LogP contribution in [0.15, 0.2) is 48.8 Å². The fourth-order valence-electron chi connectivity index (χ4n) is 1.80. The molecule has 114 valence electrons. The van der Waals surface area contributed by atoms with Crippen LogP contribution in [-0.4, -0.2) is 8.42 Å². The number of benzene rings is 1. The van der Waals surface area contributed by atoms with E-state index in [0.717, 1.165) is 10.0 Å². The van der Waals surface area contributed by atoms with Crippen LogP contribution in [0.3, 0.4) is 0 Å². The fraction of sp³-hybridized carbons (Fsp3) is 0.231. The fourth-order valence-corrected chi connectivity index (χ4v) is 4.29. The van der Waals surface area contributed by atoms with Gasteiger partial charge in [-0.3, -0.25) is 0 Å². The number of nitrogens with two attached hydrogens (primary N) is 1. The van der Waals surface area contributed by atoms with Crippen molar-refractivity contribution in [2.24, 2.45) is 5.73 Å². The van der Waals surface area contributed by atoms with Crippen molar-refractivity contribution in [2.45, 2.75) is 24.4 Å². The molecule has 0 radical (unpaired) electrons. The molecule has 0 amide bonds. The molecule has 5 nitrogen and oxygen atoms in total. The van der Waals surface area contributed by atoms with Crippen LogP contribution in [0.2, 0.25) is 0 Å². The number of rotatable bonds is 5. The van der Waals surface area contributed by atoms with E-state index < -0.39 is 10.0 Å². The van der Waals surface area contributed by atoms with Crippen LogP contribution in [0.25, 0.3) is 0 Å². The molecule has 21 heavy (non-hydrogen) atoms. The van der Waals surface area contributed by atoms with Gasteiger partial charge in [0, 0.05) is 16.6 Å². The van der Waals surface area contributed by atoms with Gasteiger partial charge in [0.2, 0.25) is 10.0 Å². The molecule has 2 aromatic rings. The molecule has 0 fully saturated rings. The maximum Gasteiger partial charge on any atom is 0.245 e. The van der Waals surface area contributed by atoms with Gasteiger partial charge >= 0.3 is 0 Å². The van der Waals surface area contributed by atoms with Crippen molar-refractivity contribution < 1.29 is 12.8 Å². The molecule has 1 heterocycles. The summed E-state index contributed by atoms with van der Waals surface area (Å²) >= 11 is 6.45. The van der Waals surface area contributed by atoms with Gasteiger partial charge in [-0.2, -0.15) is 0 Å². The zero-order valence-corrected chi connectivity index (χ0v) is 15.1. The van der Waals surface area contributed by atoms with Gasteiger partial charge in [0.1, 0.15) is 10.7 Å². The highest BCUT2D eigenvalue weighted by Gasteiger charge is 2.24. The molecule has 1 aromatic heterocycles. The molecule has 1 atom stereocenters. The average molecular weight is 438 g/mol. The maximum atomic E-state index is 12.4. The van der Waals surface area contributed by atoms with E-state index >= 15 is 0 Å². The minimum atomic E-state index is -3.70. The lowest BCUT2D eigenvalue weighted by Gasteiger charge is -2.14. The smallest absolute Gasteiger partial charge is 0.245 e. The first-order chi connectivity index (χ1) is 9.83. The third-order valence-corrected chi connectivity index (χ3v) is 5.83. The van der Waals surface area contributed by atoms with Crippen LogP contribution in [0.5, 0.6) is 0 Å². The van der Waals surface area contributed by atoms with Crippen LogP contribution >= 0.6 is 31.9 Å². The van der Waals surface area contributed by atoms with E-state index in [4.69, 9.17) is 10.2 Å². The topological polar surface area (TPSA) is 85.3 Å². The maximum absolute atomic E-state index is 12.4. The summed E-state index contributed by atoms with van der Waals surface area (Å²) in [4.78, 5) is 0.0481. The second kappa shape index (κ2) is 6.62. The van der Waals surface area contributed by atoms with E-state index in [1.807, 2.05) is 24.3 Å². The molecular formula is C13H14Br2N2O3S. The molecule has 0 bridgehead atoms. The lowest BCUT2D eigenvalue weighted by atomic mass is 10.1. The molecule has 0 saturated heterocycles. The van der Waals surface area contributed by atoms with E-state index in [2.05, 4.69) is 36.6 Å². The Kier molecular flexibility index (Phi) is 5.26. The highest BCUT2D eigenvalue weighted by Crippen LogP contribution is 2.27. The van der Waals surface area contributed by atoms with E-state index in [1.165, 1.54) is 6.07 Å². The third-order valence-electron chi connectivity index (χ3n) is 2.90. The summed E-state index contributed by atoms with van der Waals surface area (Å²) in [5.41, 5.74) is 6.31. The van der Waals surface area contributed by atoms with Gasteiger partial charge in [-0.25, -0.2) is 13.1 Å². The molecule has 3 N–H and O–H groups in total. The zero-order chi connectivity index (χ0) is 15.6. The molecular weight excluding hydrogens is 424 g/mol. The third kappa shape index (κ3) is 3.95. The Hall–Kier alpha value is -0.670. The van der Waals surface area contributed by atoms with Crippen molar-refractivity contribution in [3.05, 3.63) is 50.8 Å². The predicted molar refractivity (Wildman–Crippen MR) is 87.2 cm³/mol. The second-order valence-electron chi connectivity index (χ2n) is 4.45. The van der Waals surface area contributed by atoms with E-state index in [0.29, 0.717) is 5.76 Å². The summed E-state index contributed by atoms with van der Waals surface area (Å²) in [6.07, 6.45) is 0. The van der Waals surface area contributed by atoms with Crippen molar-refractivity contribution in [2.75, 3.05) is 0 Å². The van der Waals surface area contributed by atoms with Gasteiger partial charge < -0.3 is 10.2 Å². The molecule has 8 heteroatoms. The summed E-state index contributed by atoms with van der Waals surface area (Å²) in [5, 5.41) is 0. The second-order valence-corrected chi connectivity index (χ2v) is 7.77. The molecule has 2 rings (SSSR count). The summed E-state index contributed by atoms with van der Waals surface area (Å²) in [6, 6.07) is 8.48. The predicted octanol–water partition coefficient (Wildman–Crippen LogP) is 3.30. The largest absolute Gasteiger partial charge is 0.452 e. The number of halogens is 2. The highest BCUT2D eigenvalue weighted by atomic mass is 79.9. The lowest BCUT2D eigenvalue weighted by molar-refractivity contribution is 0.483. The van der Waals surface area contributed by atoms with Gasteiger partial charge in [-0.05, 0) is 40.5 Å². The van der Waals surface area contributed by atoms with Crippen LogP contribution in [0, 0.1) is 0 Å². The van der Waals surface area contributed by atoms with Gasteiger partial charge in [0.15, 0.2) is 4.67 Å². The Morgan fingerprint density at radius 1 is 1.29 bits per heavy atom. The van der Waals surface area contributed by atoms with E-state index in [9.17, 15) is 8.42 Å². The number of hydrogen-bond acceptors (Lipinski definition) is 4. The summed E-state index contributed by atoms with van der Waals surface area (Å²) in [7, 11) is -3.70. The highest BCUT2D eigenvalue weighted by molar-refractivity contribution is 9.10. The Bertz CT molecular complexity index is 726. The molecule has 0 aliphatic carbocycles. The van der Waals surface area contributed by atoms with Crippen LogP contribution in [-0.2, 0) is 16.6 Å². The zero-order valence-electron chi connectivity index (χ0n) is 11.1. The van der Waals surface area contributed by atoms with Gasteiger partial charge in [0.05, 0.1) is 6.54 Å². The van der Waals surface area contributed by atoms with Gasteiger partial charge in [0.25, 0.3) is 0 Å². The van der Waals surface area contributed by atoms with Crippen LogP contribution < -0.4 is 10.5 Å². The Labute approximate surface area is 140 Å². The summed E-state index contributed by atoms with van der Waals surface area (Å²) < 4.78 is 33.7. The SMILES string of the molecule is CC(NS(=O)(=O)c1cc(CN)oc1Br)c1ccc(Br)cc1. The number of furan rings is 1. The molecule has 0 spiro atoms. The Balaban J connectivity index is 2.24. The summed E-state index contributed by atoms with van der Waals surface area (Å²) in [5.74, 6) is 0.401. The Morgan fingerprint density at radius 3 is 2.43 bits per heavy atom. The minimum Gasteiger partial charge on any atom is -0.452 e. The Morgan fingerprint density at radius 2 is 1.90 bits per heavy atom. The first kappa shape index (κ1) is 16.7. The average Bonchev–Trinajstić information content (AvgIpc) is 2.81. The monoisotopic (exact) mass is 436 g/mol. The van der Waals surface area contributed by atoms with Crippen molar-refractivity contribution in [3.63, 3.8) is 0 Å². The standard InChI is InChI=1S/C13H14Br2N2O3S/c1-8(9-2-4-10(14)5-3-9)17-21(18,19)12-6-11(7-16)20-13(12)15/h2-6,8,17H,7,16H2,1H3. The normalized spacial score (nSPS) is 13.3. The molecule has 0 aliphatic rings. The molecule has 1 unspecified atom stereocenters. The van der Waals surface area contributed by atoms with Gasteiger partial charge in [-0.1, -0.05) is 28.1 Å². The lowest BCUT2D eigenvalue weighted by Crippen LogP contribution is -2.26. The minimum absolute atomic E-state index is 0.0481. The summed E-state index contributed by atoms with van der Waals surface area (Å²) in [6.45, 7) is 1.91. The number of nitrogens with one attached hydrogen (secondary N) is 1. The van der Waals surface area contributed by atoms with Crippen molar-refractivity contribution in [1.82, 2.24) is 4.72 Å². The van der Waals surface area contributed by atoms with Crippen molar-refractivity contribution in [3.8, 4) is 0 Å². The first-order valence-corrected chi connectivity index (χ1v) is 9.16.